The number of fused-ring (bicyclic) bond motifs is 1. The summed E-state index contributed by atoms with van der Waals surface area (Å²) in [6.45, 7) is 3.80. The normalized spacial score (nSPS) is 15.0. The smallest absolute Gasteiger partial charge is 0.322 e. The van der Waals surface area contributed by atoms with Crippen LogP contribution >= 0.6 is 0 Å². The van der Waals surface area contributed by atoms with Crippen LogP contribution in [0.1, 0.15) is 6.92 Å². The van der Waals surface area contributed by atoms with E-state index in [0.29, 0.717) is 31.9 Å². The Morgan fingerprint density at radius 1 is 1.05 bits per heavy atom. The lowest BCUT2D eigenvalue weighted by Crippen LogP contribution is -2.51. The largest absolute Gasteiger partial charge is 0.339 e. The predicted molar refractivity (Wildman–Crippen MR) is 84.6 cm³/mol. The van der Waals surface area contributed by atoms with Crippen LogP contribution in [0.25, 0.3) is 10.9 Å². The Labute approximate surface area is 128 Å². The van der Waals surface area contributed by atoms with Crippen LogP contribution in [-0.4, -0.2) is 52.9 Å². The number of anilines is 1. The first-order chi connectivity index (χ1) is 10.6. The van der Waals surface area contributed by atoms with Crippen molar-refractivity contribution < 1.29 is 9.59 Å². The minimum atomic E-state index is -0.152. The fraction of sp³-hybridized carbons (Fsp3) is 0.312. The topological polar surface area (TPSA) is 65.5 Å². The van der Waals surface area contributed by atoms with Gasteiger partial charge in [-0.1, -0.05) is 18.2 Å². The van der Waals surface area contributed by atoms with E-state index in [1.807, 2.05) is 30.3 Å². The van der Waals surface area contributed by atoms with Gasteiger partial charge in [-0.3, -0.25) is 9.78 Å². The zero-order valence-corrected chi connectivity index (χ0v) is 12.5. The van der Waals surface area contributed by atoms with E-state index in [-0.39, 0.29) is 11.9 Å². The third-order valence-electron chi connectivity index (χ3n) is 3.89. The molecular formula is C16H18N4O2. The Hall–Kier alpha value is -2.63. The zero-order chi connectivity index (χ0) is 15.5. The molecule has 3 rings (SSSR count). The number of aromatic nitrogens is 1. The number of piperazine rings is 1. The molecule has 1 aromatic heterocycles. The van der Waals surface area contributed by atoms with Crippen molar-refractivity contribution in [3.05, 3.63) is 36.5 Å². The van der Waals surface area contributed by atoms with E-state index >= 15 is 0 Å². The molecule has 1 aliphatic heterocycles. The Morgan fingerprint density at radius 3 is 2.45 bits per heavy atom. The predicted octanol–water partition coefficient (Wildman–Crippen LogP) is 1.93. The molecule has 0 radical (unpaired) electrons. The molecule has 1 aromatic carbocycles. The summed E-state index contributed by atoms with van der Waals surface area (Å²) < 4.78 is 0. The van der Waals surface area contributed by atoms with Crippen LogP contribution in [0.3, 0.4) is 0 Å². The number of carbonyl (C=O) groups is 2. The monoisotopic (exact) mass is 298 g/mol. The molecule has 6 nitrogen and oxygen atoms in total. The number of nitrogens with one attached hydrogen (secondary N) is 1. The number of nitrogens with zero attached hydrogens (tertiary/aromatic N) is 3. The molecule has 1 aliphatic rings. The number of para-hydroxylation sites is 1. The van der Waals surface area contributed by atoms with Crippen LogP contribution in [0.2, 0.25) is 0 Å². The summed E-state index contributed by atoms with van der Waals surface area (Å²) in [6, 6.07) is 9.38. The van der Waals surface area contributed by atoms with E-state index in [2.05, 4.69) is 10.3 Å². The minimum absolute atomic E-state index is 0.0540. The third-order valence-corrected chi connectivity index (χ3v) is 3.89. The first-order valence-electron chi connectivity index (χ1n) is 7.30. The molecule has 2 aromatic rings. The highest BCUT2D eigenvalue weighted by molar-refractivity contribution is 5.99. The highest BCUT2D eigenvalue weighted by atomic mass is 16.2. The molecule has 0 saturated carbocycles. The van der Waals surface area contributed by atoms with Crippen LogP contribution in [0.5, 0.6) is 0 Å². The molecule has 0 atom stereocenters. The number of benzene rings is 1. The summed E-state index contributed by atoms with van der Waals surface area (Å²) in [7, 11) is 0. The van der Waals surface area contributed by atoms with Crippen molar-refractivity contribution in [3.8, 4) is 0 Å². The summed E-state index contributed by atoms with van der Waals surface area (Å²) in [4.78, 5) is 31.5. The SMILES string of the molecule is CC(=O)N1CCN(C(=O)Nc2cccc3cccnc23)CC1. The second-order valence-corrected chi connectivity index (χ2v) is 5.30. The van der Waals surface area contributed by atoms with Crippen molar-refractivity contribution in [2.75, 3.05) is 31.5 Å². The molecule has 3 amide bonds. The zero-order valence-electron chi connectivity index (χ0n) is 12.5. The van der Waals surface area contributed by atoms with E-state index in [1.54, 1.807) is 22.9 Å². The second kappa shape index (κ2) is 6.01. The van der Waals surface area contributed by atoms with Crippen LogP contribution in [0, 0.1) is 0 Å². The molecule has 22 heavy (non-hydrogen) atoms. The van der Waals surface area contributed by atoms with E-state index in [9.17, 15) is 9.59 Å². The van der Waals surface area contributed by atoms with Crippen molar-refractivity contribution in [3.63, 3.8) is 0 Å². The minimum Gasteiger partial charge on any atom is -0.339 e. The van der Waals surface area contributed by atoms with Crippen LogP contribution in [0.4, 0.5) is 10.5 Å². The van der Waals surface area contributed by atoms with Gasteiger partial charge in [0, 0.05) is 44.7 Å². The number of hydrogen-bond acceptors (Lipinski definition) is 3. The van der Waals surface area contributed by atoms with Crippen molar-refractivity contribution in [2.24, 2.45) is 0 Å². The Balaban J connectivity index is 1.70. The third kappa shape index (κ3) is 2.86. The summed E-state index contributed by atoms with van der Waals surface area (Å²) in [5.41, 5.74) is 1.48. The first kappa shape index (κ1) is 14.3. The van der Waals surface area contributed by atoms with Gasteiger partial charge in [-0.25, -0.2) is 4.79 Å². The van der Waals surface area contributed by atoms with E-state index in [4.69, 9.17) is 0 Å². The fourth-order valence-electron chi connectivity index (χ4n) is 2.62. The maximum absolute atomic E-state index is 12.4. The van der Waals surface area contributed by atoms with Gasteiger partial charge in [0.1, 0.15) is 0 Å². The number of pyridine rings is 1. The lowest BCUT2D eigenvalue weighted by Gasteiger charge is -2.34. The van der Waals surface area contributed by atoms with Gasteiger partial charge in [0.25, 0.3) is 0 Å². The molecule has 0 spiro atoms. The van der Waals surface area contributed by atoms with Crippen LogP contribution in [0.15, 0.2) is 36.5 Å². The molecule has 2 heterocycles. The molecule has 0 aliphatic carbocycles. The molecule has 0 unspecified atom stereocenters. The molecule has 1 saturated heterocycles. The van der Waals surface area contributed by atoms with Gasteiger partial charge in [-0.05, 0) is 12.1 Å². The van der Waals surface area contributed by atoms with Gasteiger partial charge in [0.2, 0.25) is 5.91 Å². The van der Waals surface area contributed by atoms with E-state index < -0.39 is 0 Å². The Morgan fingerprint density at radius 2 is 1.73 bits per heavy atom. The molecule has 1 fully saturated rings. The average Bonchev–Trinajstić information content (AvgIpc) is 2.55. The van der Waals surface area contributed by atoms with Gasteiger partial charge >= 0.3 is 6.03 Å². The van der Waals surface area contributed by atoms with Gasteiger partial charge in [0.15, 0.2) is 0 Å². The Kier molecular flexibility index (Phi) is 3.91. The maximum atomic E-state index is 12.4. The van der Waals surface area contributed by atoms with Crippen LogP contribution in [-0.2, 0) is 4.79 Å². The van der Waals surface area contributed by atoms with Gasteiger partial charge in [-0.2, -0.15) is 0 Å². The van der Waals surface area contributed by atoms with Crippen molar-refractivity contribution in [1.29, 1.82) is 0 Å². The lowest BCUT2D eigenvalue weighted by atomic mass is 10.2. The van der Waals surface area contributed by atoms with Crippen molar-refractivity contribution >= 4 is 28.5 Å². The number of carbonyl (C=O) groups excluding carboxylic acids is 2. The Bertz CT molecular complexity index is 703. The number of amides is 3. The van der Waals surface area contributed by atoms with E-state index in [0.717, 1.165) is 10.9 Å². The summed E-state index contributed by atoms with van der Waals surface area (Å²) in [5, 5.41) is 3.91. The average molecular weight is 298 g/mol. The van der Waals surface area contributed by atoms with Gasteiger partial charge < -0.3 is 15.1 Å². The van der Waals surface area contributed by atoms with E-state index in [1.165, 1.54) is 0 Å². The highest BCUT2D eigenvalue weighted by Crippen LogP contribution is 2.21. The molecule has 6 heteroatoms. The lowest BCUT2D eigenvalue weighted by molar-refractivity contribution is -0.130. The van der Waals surface area contributed by atoms with Gasteiger partial charge in [0.05, 0.1) is 11.2 Å². The van der Waals surface area contributed by atoms with Crippen molar-refractivity contribution in [2.45, 2.75) is 6.92 Å². The highest BCUT2D eigenvalue weighted by Gasteiger charge is 2.22. The summed E-state index contributed by atoms with van der Waals surface area (Å²) in [5.74, 6) is 0.0540. The molecule has 0 bridgehead atoms. The second-order valence-electron chi connectivity index (χ2n) is 5.30. The fourth-order valence-corrected chi connectivity index (χ4v) is 2.62. The number of hydrogen-bond donors (Lipinski definition) is 1. The van der Waals surface area contributed by atoms with Gasteiger partial charge in [-0.15, -0.1) is 0 Å². The first-order valence-corrected chi connectivity index (χ1v) is 7.30. The number of urea groups is 1. The maximum Gasteiger partial charge on any atom is 0.322 e. The van der Waals surface area contributed by atoms with Crippen molar-refractivity contribution in [1.82, 2.24) is 14.8 Å². The number of rotatable bonds is 1. The standard InChI is InChI=1S/C16H18N4O2/c1-12(21)19-8-10-20(11-9-19)16(22)18-14-6-2-4-13-5-3-7-17-15(13)14/h2-7H,8-11H2,1H3,(H,18,22). The summed E-state index contributed by atoms with van der Waals surface area (Å²) >= 11 is 0. The molecule has 114 valence electrons. The molecule has 1 N–H and O–H groups in total. The molecular weight excluding hydrogens is 280 g/mol. The van der Waals surface area contributed by atoms with Crippen LogP contribution < -0.4 is 5.32 Å². The summed E-state index contributed by atoms with van der Waals surface area (Å²) in [6.07, 6.45) is 1.71. The quantitative estimate of drug-likeness (QED) is 0.875.